The second-order valence-corrected chi connectivity index (χ2v) is 9.80. The van der Waals surface area contributed by atoms with Crippen molar-refractivity contribution in [2.24, 2.45) is 0 Å². The Bertz CT molecular complexity index is 1730. The minimum atomic E-state index is -0.197. The molecule has 0 saturated heterocycles. The molecule has 1 fully saturated rings. The van der Waals surface area contributed by atoms with E-state index in [-0.39, 0.29) is 23.6 Å². The van der Waals surface area contributed by atoms with Gasteiger partial charge in [-0.05, 0) is 72.5 Å². The maximum Gasteiger partial charge on any atom is 0.224 e. The molecule has 0 radical (unpaired) electrons. The Morgan fingerprint density at radius 1 is 1.05 bits per heavy atom. The van der Waals surface area contributed by atoms with Crippen LogP contribution in [0.2, 0.25) is 0 Å². The molecule has 1 aliphatic carbocycles. The van der Waals surface area contributed by atoms with E-state index in [1.165, 1.54) is 12.1 Å². The highest BCUT2D eigenvalue weighted by Crippen LogP contribution is 2.32. The van der Waals surface area contributed by atoms with Gasteiger partial charge in [-0.15, -0.1) is 0 Å². The number of nitrogens with one attached hydrogen (secondary N) is 2. The van der Waals surface area contributed by atoms with E-state index < -0.39 is 0 Å². The molecule has 5 aromatic rings. The van der Waals surface area contributed by atoms with Gasteiger partial charge in [-0.1, -0.05) is 18.2 Å². The molecule has 1 amide bonds. The van der Waals surface area contributed by atoms with Crippen molar-refractivity contribution in [1.82, 2.24) is 24.8 Å². The Balaban J connectivity index is 1.25. The number of rotatable bonds is 9. The Hall–Kier alpha value is -5.25. The van der Waals surface area contributed by atoms with Crippen molar-refractivity contribution in [2.45, 2.75) is 31.8 Å². The summed E-state index contributed by atoms with van der Waals surface area (Å²) in [6, 6.07) is 20.4. The number of nitrogens with zero attached hydrogens (tertiary/aromatic N) is 4. The molecule has 0 atom stereocenters. The van der Waals surface area contributed by atoms with Gasteiger partial charge in [0.05, 0.1) is 17.5 Å². The van der Waals surface area contributed by atoms with Gasteiger partial charge in [0.15, 0.2) is 17.8 Å². The highest BCUT2D eigenvalue weighted by atomic mass is 16.3. The second-order valence-electron chi connectivity index (χ2n) is 9.80. The molecule has 40 heavy (non-hydrogen) atoms. The molecule has 0 spiro atoms. The minimum absolute atomic E-state index is 0.0879. The van der Waals surface area contributed by atoms with Crippen molar-refractivity contribution >= 4 is 35.0 Å². The zero-order valence-electron chi connectivity index (χ0n) is 21.5. The lowest BCUT2D eigenvalue weighted by Crippen LogP contribution is -2.24. The van der Waals surface area contributed by atoms with Gasteiger partial charge < -0.3 is 21.5 Å². The number of hydrogen-bond acceptors (Lipinski definition) is 8. The molecule has 1 aliphatic rings. The van der Waals surface area contributed by atoms with Crippen molar-refractivity contribution in [2.75, 3.05) is 11.1 Å². The fourth-order valence-electron chi connectivity index (χ4n) is 4.52. The van der Waals surface area contributed by atoms with Gasteiger partial charge in [0.1, 0.15) is 22.9 Å². The number of aromatic nitrogens is 4. The van der Waals surface area contributed by atoms with Gasteiger partial charge in [0.2, 0.25) is 5.91 Å². The maximum absolute atomic E-state index is 12.5. The monoisotopic (exact) mass is 533 g/mol. The average Bonchev–Trinajstić information content (AvgIpc) is 3.70. The first-order valence-electron chi connectivity index (χ1n) is 13.0. The molecule has 3 aromatic heterocycles. The molecular weight excluding hydrogens is 506 g/mol. The highest BCUT2D eigenvalue weighted by molar-refractivity contribution is 5.84. The summed E-state index contributed by atoms with van der Waals surface area (Å²) in [6.07, 6.45) is 4.59. The third-order valence-electron chi connectivity index (χ3n) is 6.78. The number of phenols is 1. The van der Waals surface area contributed by atoms with Crippen molar-refractivity contribution in [3.63, 3.8) is 0 Å². The van der Waals surface area contributed by atoms with Gasteiger partial charge in [0.25, 0.3) is 0 Å². The fourth-order valence-corrected chi connectivity index (χ4v) is 4.52. The smallest absolute Gasteiger partial charge is 0.224 e. The minimum Gasteiger partial charge on any atom is -0.507 e. The third-order valence-corrected chi connectivity index (χ3v) is 6.78. The van der Waals surface area contributed by atoms with Crippen LogP contribution in [0.5, 0.6) is 5.75 Å². The van der Waals surface area contributed by atoms with Crippen LogP contribution in [0.1, 0.15) is 34.3 Å². The van der Waals surface area contributed by atoms with Crippen molar-refractivity contribution in [3.05, 3.63) is 89.6 Å². The van der Waals surface area contributed by atoms with E-state index in [0.717, 1.165) is 35.4 Å². The lowest BCUT2D eigenvalue weighted by Gasteiger charge is -2.12. The van der Waals surface area contributed by atoms with E-state index >= 15 is 0 Å². The summed E-state index contributed by atoms with van der Waals surface area (Å²) in [6.45, 7) is 0.332. The molecule has 200 valence electrons. The maximum atomic E-state index is 12.5. The summed E-state index contributed by atoms with van der Waals surface area (Å²) in [4.78, 5) is 37.4. The predicted molar refractivity (Wildman–Crippen MR) is 152 cm³/mol. The van der Waals surface area contributed by atoms with Crippen LogP contribution in [-0.4, -0.2) is 42.9 Å². The van der Waals surface area contributed by atoms with Crippen LogP contribution in [0, 0.1) is 0 Å². The second kappa shape index (κ2) is 10.5. The predicted octanol–water partition coefficient (Wildman–Crippen LogP) is 4.02. The van der Waals surface area contributed by atoms with E-state index in [9.17, 15) is 14.7 Å². The molecule has 0 unspecified atom stereocenters. The van der Waals surface area contributed by atoms with E-state index in [0.29, 0.717) is 47.3 Å². The number of fused-ring (bicyclic) bond motifs is 1. The highest BCUT2D eigenvalue weighted by Gasteiger charge is 2.23. The number of phenolic OH excluding ortho intramolecular Hbond substituents is 1. The first-order chi connectivity index (χ1) is 19.5. The lowest BCUT2D eigenvalue weighted by atomic mass is 10.1. The first-order valence-corrected chi connectivity index (χ1v) is 13.0. The Kier molecular flexibility index (Phi) is 6.57. The van der Waals surface area contributed by atoms with Gasteiger partial charge in [-0.2, -0.15) is 0 Å². The summed E-state index contributed by atoms with van der Waals surface area (Å²) in [5.74, 6) is 1.48. The number of aromatic hydroxyl groups is 1. The number of imidazole rings is 1. The van der Waals surface area contributed by atoms with Crippen LogP contribution in [0.3, 0.4) is 0 Å². The first kappa shape index (κ1) is 25.1. The largest absolute Gasteiger partial charge is 0.507 e. The molecular formula is C30H27N7O3. The molecule has 0 bridgehead atoms. The fraction of sp³-hybridized carbons (Fsp3) is 0.167. The summed E-state index contributed by atoms with van der Waals surface area (Å²) in [7, 11) is 0. The number of benzene rings is 2. The van der Waals surface area contributed by atoms with E-state index in [4.69, 9.17) is 15.7 Å². The molecule has 2 aromatic carbocycles. The van der Waals surface area contributed by atoms with Crippen LogP contribution in [0.15, 0.2) is 72.9 Å². The standard InChI is InChI=1S/C30H27N7O3/c31-28-23(2-1-13-32-28)29-35-24-11-12-26(34-21-7-8-21)36-30(24)37(29)22-9-4-18(5-10-22)16-33-27(40)15-19-3-6-20(17-38)25(39)14-19/h1-6,9-14,17,21,39H,7-8,15-16H2,(H2,31,32)(H,33,40)(H,34,36). The number of pyridine rings is 2. The van der Waals surface area contributed by atoms with Gasteiger partial charge in [-0.25, -0.2) is 15.0 Å². The van der Waals surface area contributed by atoms with Crippen molar-refractivity contribution in [3.8, 4) is 22.8 Å². The molecule has 10 nitrogen and oxygen atoms in total. The normalized spacial score (nSPS) is 12.8. The van der Waals surface area contributed by atoms with Gasteiger partial charge in [0, 0.05) is 24.5 Å². The molecule has 0 aliphatic heterocycles. The Morgan fingerprint density at radius 2 is 1.85 bits per heavy atom. The topological polar surface area (TPSA) is 148 Å². The number of aldehydes is 1. The number of amides is 1. The number of carbonyl (C=O) groups excluding carboxylic acids is 2. The van der Waals surface area contributed by atoms with Crippen LogP contribution in [0.25, 0.3) is 28.2 Å². The van der Waals surface area contributed by atoms with Crippen LogP contribution in [-0.2, 0) is 17.8 Å². The zero-order chi connectivity index (χ0) is 27.6. The SMILES string of the molecule is Nc1ncccc1-c1nc2ccc(NC3CC3)nc2n1-c1ccc(CNC(=O)Cc2ccc(C=O)c(O)c2)cc1. The van der Waals surface area contributed by atoms with Gasteiger partial charge >= 0.3 is 0 Å². The summed E-state index contributed by atoms with van der Waals surface area (Å²) in [5, 5.41) is 16.2. The van der Waals surface area contributed by atoms with Crippen molar-refractivity contribution in [1.29, 1.82) is 0 Å². The molecule has 1 saturated carbocycles. The van der Waals surface area contributed by atoms with Crippen LogP contribution < -0.4 is 16.4 Å². The molecule has 5 N–H and O–H groups in total. The summed E-state index contributed by atoms with van der Waals surface area (Å²) < 4.78 is 1.97. The number of nitrogen functional groups attached to an aromatic ring is 1. The number of hydrogen-bond donors (Lipinski definition) is 4. The van der Waals surface area contributed by atoms with Crippen LogP contribution in [0.4, 0.5) is 11.6 Å². The van der Waals surface area contributed by atoms with E-state index in [1.807, 2.05) is 53.1 Å². The number of nitrogens with two attached hydrogens (primary N) is 1. The third kappa shape index (κ3) is 5.19. The van der Waals surface area contributed by atoms with Crippen molar-refractivity contribution < 1.29 is 14.7 Å². The lowest BCUT2D eigenvalue weighted by molar-refractivity contribution is -0.120. The molecule has 10 heteroatoms. The van der Waals surface area contributed by atoms with Gasteiger partial charge in [-0.3, -0.25) is 14.2 Å². The zero-order valence-corrected chi connectivity index (χ0v) is 21.5. The number of anilines is 2. The molecule has 6 rings (SSSR count). The van der Waals surface area contributed by atoms with E-state index in [2.05, 4.69) is 15.6 Å². The summed E-state index contributed by atoms with van der Waals surface area (Å²) >= 11 is 0. The Morgan fingerprint density at radius 3 is 2.58 bits per heavy atom. The quantitative estimate of drug-likeness (QED) is 0.208. The van der Waals surface area contributed by atoms with Crippen LogP contribution >= 0.6 is 0 Å². The summed E-state index contributed by atoms with van der Waals surface area (Å²) in [5.41, 5.74) is 10.9. The average molecular weight is 534 g/mol. The van der Waals surface area contributed by atoms with E-state index in [1.54, 1.807) is 12.3 Å². The number of carbonyl (C=O) groups is 2. The molecule has 3 heterocycles. The Labute approximate surface area is 229 Å².